The summed E-state index contributed by atoms with van der Waals surface area (Å²) < 4.78 is 17.2. The van der Waals surface area contributed by atoms with Gasteiger partial charge in [0.2, 0.25) is 0 Å². The number of nitrogens with one attached hydrogen (secondary N) is 1. The van der Waals surface area contributed by atoms with E-state index in [1.54, 1.807) is 7.11 Å². The first kappa shape index (κ1) is 16.1. The smallest absolute Gasteiger partial charge is 0.0471 e. The molecule has 2 atom stereocenters. The summed E-state index contributed by atoms with van der Waals surface area (Å²) in [7, 11) is 2.77. The molecule has 0 bridgehead atoms. The first-order valence-electron chi connectivity index (χ1n) is 7.25. The van der Waals surface area contributed by atoms with Crippen molar-refractivity contribution in [3.05, 3.63) is 48.0 Å². The number of ether oxygens (including phenoxy) is 1. The molecule has 4 heteroatoms. The topological polar surface area (TPSA) is 38.3 Å². The van der Waals surface area contributed by atoms with Crippen molar-refractivity contribution in [1.29, 1.82) is 0 Å². The standard InChI is InChI=1S/C17H23NO2S/c1-18-17(13-21(19)12-6-11-20-2)16-10-5-8-14-7-3-4-9-15(14)16/h3-5,7-10,17-18H,6,11-13H2,1-2H3. The van der Waals surface area contributed by atoms with E-state index in [2.05, 4.69) is 35.6 Å². The number of hydrogen-bond acceptors (Lipinski definition) is 3. The second kappa shape index (κ2) is 8.27. The Morgan fingerprint density at radius 1 is 1.19 bits per heavy atom. The molecule has 0 aliphatic heterocycles. The third-order valence-corrected chi connectivity index (χ3v) is 5.07. The van der Waals surface area contributed by atoms with E-state index >= 15 is 0 Å². The average molecular weight is 305 g/mol. The van der Waals surface area contributed by atoms with Crippen LogP contribution in [0.15, 0.2) is 42.5 Å². The summed E-state index contributed by atoms with van der Waals surface area (Å²) in [6.07, 6.45) is 0.842. The maximum atomic E-state index is 12.2. The highest BCUT2D eigenvalue weighted by molar-refractivity contribution is 7.85. The normalized spacial score (nSPS) is 14.2. The van der Waals surface area contributed by atoms with Crippen LogP contribution in [0.2, 0.25) is 0 Å². The fraction of sp³-hybridized carbons (Fsp3) is 0.412. The van der Waals surface area contributed by atoms with E-state index in [-0.39, 0.29) is 6.04 Å². The molecule has 0 aromatic heterocycles. The summed E-state index contributed by atoms with van der Waals surface area (Å²) in [6.45, 7) is 0.671. The summed E-state index contributed by atoms with van der Waals surface area (Å²) in [4.78, 5) is 0. The lowest BCUT2D eigenvalue weighted by Crippen LogP contribution is -2.24. The third kappa shape index (κ3) is 4.37. The number of hydrogen-bond donors (Lipinski definition) is 1. The molecule has 0 aliphatic rings. The number of methoxy groups -OCH3 is 1. The summed E-state index contributed by atoms with van der Waals surface area (Å²) in [6, 6.07) is 14.7. The minimum atomic E-state index is -0.837. The highest BCUT2D eigenvalue weighted by atomic mass is 32.2. The Bertz CT molecular complexity index is 595. The molecule has 21 heavy (non-hydrogen) atoms. The molecule has 0 radical (unpaired) electrons. The summed E-state index contributed by atoms with van der Waals surface area (Å²) in [5.74, 6) is 1.32. The van der Waals surface area contributed by atoms with Gasteiger partial charge in [-0.2, -0.15) is 0 Å². The van der Waals surface area contributed by atoms with Crippen LogP contribution in [0.1, 0.15) is 18.0 Å². The second-order valence-corrected chi connectivity index (χ2v) is 6.69. The van der Waals surface area contributed by atoms with E-state index in [1.807, 2.05) is 19.2 Å². The number of fused-ring (bicyclic) bond motifs is 1. The van der Waals surface area contributed by atoms with Crippen molar-refractivity contribution >= 4 is 21.6 Å². The summed E-state index contributed by atoms with van der Waals surface area (Å²) >= 11 is 0. The monoisotopic (exact) mass is 305 g/mol. The molecule has 1 N–H and O–H groups in total. The number of benzene rings is 2. The molecule has 2 aromatic rings. The fourth-order valence-corrected chi connectivity index (χ4v) is 3.84. The Kier molecular flexibility index (Phi) is 6.36. The maximum Gasteiger partial charge on any atom is 0.0471 e. The molecular weight excluding hydrogens is 282 g/mol. The van der Waals surface area contributed by atoms with Crippen LogP contribution in [0.3, 0.4) is 0 Å². The second-order valence-electron chi connectivity index (χ2n) is 5.07. The van der Waals surface area contributed by atoms with Crippen LogP contribution in [0, 0.1) is 0 Å². The Morgan fingerprint density at radius 3 is 2.71 bits per heavy atom. The first-order chi connectivity index (χ1) is 10.3. The van der Waals surface area contributed by atoms with Crippen LogP contribution in [0.4, 0.5) is 0 Å². The van der Waals surface area contributed by atoms with Crippen molar-refractivity contribution in [2.24, 2.45) is 0 Å². The molecule has 3 nitrogen and oxygen atoms in total. The van der Waals surface area contributed by atoms with E-state index in [9.17, 15) is 4.21 Å². The Balaban J connectivity index is 2.14. The van der Waals surface area contributed by atoms with Gasteiger partial charge in [-0.15, -0.1) is 0 Å². The van der Waals surface area contributed by atoms with Crippen LogP contribution in [0.25, 0.3) is 10.8 Å². The summed E-state index contributed by atoms with van der Waals surface area (Å²) in [5, 5.41) is 5.76. The van der Waals surface area contributed by atoms with Crippen molar-refractivity contribution in [3.8, 4) is 0 Å². The molecule has 0 fully saturated rings. The SMILES string of the molecule is CNC(CS(=O)CCCOC)c1cccc2ccccc12. The zero-order chi connectivity index (χ0) is 15.1. The molecule has 0 saturated heterocycles. The van der Waals surface area contributed by atoms with Crippen LogP contribution in [0.5, 0.6) is 0 Å². The fourth-order valence-electron chi connectivity index (χ4n) is 2.52. The van der Waals surface area contributed by atoms with E-state index in [0.717, 1.165) is 6.42 Å². The van der Waals surface area contributed by atoms with Crippen molar-refractivity contribution in [2.75, 3.05) is 32.3 Å². The van der Waals surface area contributed by atoms with E-state index < -0.39 is 10.8 Å². The lowest BCUT2D eigenvalue weighted by atomic mass is 10.00. The molecule has 2 rings (SSSR count). The highest BCUT2D eigenvalue weighted by Crippen LogP contribution is 2.24. The Labute approximate surface area is 129 Å². The molecule has 0 heterocycles. The van der Waals surface area contributed by atoms with E-state index in [0.29, 0.717) is 18.1 Å². The van der Waals surface area contributed by atoms with Gasteiger partial charge in [0.1, 0.15) is 0 Å². The molecule has 2 unspecified atom stereocenters. The van der Waals surface area contributed by atoms with Gasteiger partial charge in [0.15, 0.2) is 0 Å². The largest absolute Gasteiger partial charge is 0.385 e. The molecular formula is C17H23NO2S. The van der Waals surface area contributed by atoms with Gasteiger partial charge in [-0.25, -0.2) is 0 Å². The van der Waals surface area contributed by atoms with Gasteiger partial charge in [-0.3, -0.25) is 4.21 Å². The predicted octanol–water partition coefficient (Wildman–Crippen LogP) is 2.89. The van der Waals surface area contributed by atoms with Gasteiger partial charge in [-0.05, 0) is 29.8 Å². The van der Waals surface area contributed by atoms with Gasteiger partial charge in [0, 0.05) is 42.1 Å². The third-order valence-electron chi connectivity index (χ3n) is 3.62. The van der Waals surface area contributed by atoms with Crippen LogP contribution >= 0.6 is 0 Å². The molecule has 2 aromatic carbocycles. The molecule has 114 valence electrons. The van der Waals surface area contributed by atoms with Gasteiger partial charge in [0.05, 0.1) is 0 Å². The van der Waals surface area contributed by atoms with Crippen molar-refractivity contribution in [1.82, 2.24) is 5.32 Å². The van der Waals surface area contributed by atoms with Gasteiger partial charge >= 0.3 is 0 Å². The predicted molar refractivity (Wildman–Crippen MR) is 90.1 cm³/mol. The maximum absolute atomic E-state index is 12.2. The lowest BCUT2D eigenvalue weighted by molar-refractivity contribution is 0.200. The summed E-state index contributed by atoms with van der Waals surface area (Å²) in [5.41, 5.74) is 1.22. The van der Waals surface area contributed by atoms with Crippen molar-refractivity contribution < 1.29 is 8.95 Å². The van der Waals surface area contributed by atoms with E-state index in [1.165, 1.54) is 16.3 Å². The van der Waals surface area contributed by atoms with Gasteiger partial charge in [0.25, 0.3) is 0 Å². The molecule has 0 aliphatic carbocycles. The minimum Gasteiger partial charge on any atom is -0.385 e. The average Bonchev–Trinajstić information content (AvgIpc) is 2.52. The van der Waals surface area contributed by atoms with Crippen LogP contribution in [-0.2, 0) is 15.5 Å². The lowest BCUT2D eigenvalue weighted by Gasteiger charge is -2.18. The highest BCUT2D eigenvalue weighted by Gasteiger charge is 2.15. The van der Waals surface area contributed by atoms with Crippen LogP contribution < -0.4 is 5.32 Å². The van der Waals surface area contributed by atoms with Crippen molar-refractivity contribution in [3.63, 3.8) is 0 Å². The quantitative estimate of drug-likeness (QED) is 0.762. The Morgan fingerprint density at radius 2 is 1.95 bits per heavy atom. The molecule has 0 saturated carbocycles. The first-order valence-corrected chi connectivity index (χ1v) is 8.74. The van der Waals surface area contributed by atoms with Crippen LogP contribution in [-0.4, -0.2) is 36.5 Å². The Hall–Kier alpha value is -1.23. The molecule has 0 spiro atoms. The van der Waals surface area contributed by atoms with Gasteiger partial charge in [-0.1, -0.05) is 42.5 Å². The van der Waals surface area contributed by atoms with Gasteiger partial charge < -0.3 is 10.1 Å². The van der Waals surface area contributed by atoms with E-state index in [4.69, 9.17) is 4.74 Å². The minimum absolute atomic E-state index is 0.111. The van der Waals surface area contributed by atoms with Crippen molar-refractivity contribution in [2.45, 2.75) is 12.5 Å². The molecule has 0 amide bonds. The zero-order valence-corrected chi connectivity index (χ0v) is 13.5. The number of rotatable bonds is 8. The zero-order valence-electron chi connectivity index (χ0n) is 12.7.